The lowest BCUT2D eigenvalue weighted by atomic mass is 9.93. The standard InChI is InChI=1S/C10H14N2O/c13-10-5-4-8(7-12-10)6-11-9-2-1-3-9/h4-5,7,9,11H,1-3,6H2,(H,12,13). The molecule has 1 aromatic rings. The van der Waals surface area contributed by atoms with Gasteiger partial charge in [-0.3, -0.25) is 4.79 Å². The predicted molar refractivity (Wildman–Crippen MR) is 51.5 cm³/mol. The summed E-state index contributed by atoms with van der Waals surface area (Å²) in [5.74, 6) is 0. The smallest absolute Gasteiger partial charge is 0.247 e. The highest BCUT2D eigenvalue weighted by molar-refractivity contribution is 5.08. The summed E-state index contributed by atoms with van der Waals surface area (Å²) >= 11 is 0. The Labute approximate surface area is 77.2 Å². The van der Waals surface area contributed by atoms with E-state index in [4.69, 9.17) is 0 Å². The highest BCUT2D eigenvalue weighted by Gasteiger charge is 2.15. The van der Waals surface area contributed by atoms with Gasteiger partial charge in [0.25, 0.3) is 0 Å². The second-order valence-corrected chi connectivity index (χ2v) is 3.57. The number of aromatic nitrogens is 1. The fourth-order valence-electron chi connectivity index (χ4n) is 1.43. The number of nitrogens with one attached hydrogen (secondary N) is 2. The molecule has 1 fully saturated rings. The minimum Gasteiger partial charge on any atom is -0.329 e. The normalized spacial score (nSPS) is 16.9. The van der Waals surface area contributed by atoms with Gasteiger partial charge >= 0.3 is 0 Å². The Hall–Kier alpha value is -1.09. The maximum Gasteiger partial charge on any atom is 0.247 e. The highest BCUT2D eigenvalue weighted by atomic mass is 16.1. The van der Waals surface area contributed by atoms with E-state index in [1.807, 2.05) is 6.07 Å². The molecule has 1 aliphatic carbocycles. The largest absolute Gasteiger partial charge is 0.329 e. The molecule has 0 saturated heterocycles. The van der Waals surface area contributed by atoms with Crippen molar-refractivity contribution >= 4 is 0 Å². The van der Waals surface area contributed by atoms with Crippen LogP contribution in [-0.4, -0.2) is 11.0 Å². The topological polar surface area (TPSA) is 44.9 Å². The van der Waals surface area contributed by atoms with E-state index in [1.165, 1.54) is 19.3 Å². The molecule has 0 radical (unpaired) electrons. The van der Waals surface area contributed by atoms with Crippen molar-refractivity contribution in [3.8, 4) is 0 Å². The van der Waals surface area contributed by atoms with Crippen LogP contribution in [0.5, 0.6) is 0 Å². The van der Waals surface area contributed by atoms with Gasteiger partial charge in [0.1, 0.15) is 0 Å². The molecule has 3 nitrogen and oxygen atoms in total. The summed E-state index contributed by atoms with van der Waals surface area (Å²) in [6, 6.07) is 4.13. The molecule has 0 spiro atoms. The lowest BCUT2D eigenvalue weighted by molar-refractivity contribution is 0.338. The molecule has 3 heteroatoms. The zero-order valence-corrected chi connectivity index (χ0v) is 7.55. The SMILES string of the molecule is O=c1ccc(CNC2CCC2)c[nH]1. The summed E-state index contributed by atoms with van der Waals surface area (Å²) in [6.07, 6.45) is 5.71. The Bertz CT molecular complexity index is 307. The van der Waals surface area contributed by atoms with Crippen LogP contribution in [0.15, 0.2) is 23.1 Å². The van der Waals surface area contributed by atoms with E-state index in [-0.39, 0.29) is 5.56 Å². The first-order chi connectivity index (χ1) is 6.34. The van der Waals surface area contributed by atoms with Gasteiger partial charge in [0, 0.05) is 24.8 Å². The van der Waals surface area contributed by atoms with Crippen molar-refractivity contribution in [2.24, 2.45) is 0 Å². The van der Waals surface area contributed by atoms with Crippen LogP contribution in [0.1, 0.15) is 24.8 Å². The van der Waals surface area contributed by atoms with Gasteiger partial charge in [-0.05, 0) is 18.4 Å². The molecular formula is C10H14N2O. The molecule has 13 heavy (non-hydrogen) atoms. The van der Waals surface area contributed by atoms with Crippen LogP contribution in [0.4, 0.5) is 0 Å². The van der Waals surface area contributed by atoms with Gasteiger partial charge < -0.3 is 10.3 Å². The maximum atomic E-state index is 10.8. The molecule has 0 bridgehead atoms. The lowest BCUT2D eigenvalue weighted by Gasteiger charge is -2.26. The Balaban J connectivity index is 1.86. The molecule has 0 aliphatic heterocycles. The van der Waals surface area contributed by atoms with Crippen LogP contribution in [0, 0.1) is 0 Å². The van der Waals surface area contributed by atoms with Crippen LogP contribution >= 0.6 is 0 Å². The number of H-pyrrole nitrogens is 1. The molecular weight excluding hydrogens is 164 g/mol. The summed E-state index contributed by atoms with van der Waals surface area (Å²) in [5.41, 5.74) is 1.11. The quantitative estimate of drug-likeness (QED) is 0.725. The van der Waals surface area contributed by atoms with Crippen LogP contribution in [0.25, 0.3) is 0 Å². The number of hydrogen-bond acceptors (Lipinski definition) is 2. The van der Waals surface area contributed by atoms with Crippen molar-refractivity contribution in [1.29, 1.82) is 0 Å². The lowest BCUT2D eigenvalue weighted by Crippen LogP contribution is -2.34. The average Bonchev–Trinajstić information content (AvgIpc) is 2.05. The van der Waals surface area contributed by atoms with E-state index in [1.54, 1.807) is 12.3 Å². The zero-order chi connectivity index (χ0) is 9.10. The Morgan fingerprint density at radius 1 is 1.46 bits per heavy atom. The molecule has 0 unspecified atom stereocenters. The summed E-state index contributed by atoms with van der Waals surface area (Å²) in [6.45, 7) is 0.863. The molecule has 2 N–H and O–H groups in total. The van der Waals surface area contributed by atoms with Gasteiger partial charge in [-0.25, -0.2) is 0 Å². The summed E-state index contributed by atoms with van der Waals surface area (Å²) < 4.78 is 0. The molecule has 0 aromatic carbocycles. The second-order valence-electron chi connectivity index (χ2n) is 3.57. The van der Waals surface area contributed by atoms with Crippen molar-refractivity contribution < 1.29 is 0 Å². The Morgan fingerprint density at radius 3 is 2.85 bits per heavy atom. The minimum absolute atomic E-state index is 0.0348. The van der Waals surface area contributed by atoms with Gasteiger partial charge in [-0.15, -0.1) is 0 Å². The second kappa shape index (κ2) is 3.75. The van der Waals surface area contributed by atoms with Gasteiger partial charge in [-0.1, -0.05) is 12.5 Å². The van der Waals surface area contributed by atoms with Crippen LogP contribution in [0.2, 0.25) is 0 Å². The zero-order valence-electron chi connectivity index (χ0n) is 7.55. The van der Waals surface area contributed by atoms with Crippen LogP contribution < -0.4 is 10.9 Å². The first-order valence-electron chi connectivity index (χ1n) is 4.75. The Kier molecular flexibility index (Phi) is 2.45. The van der Waals surface area contributed by atoms with Crippen molar-refractivity contribution in [3.05, 3.63) is 34.2 Å². The van der Waals surface area contributed by atoms with Gasteiger partial charge in [0.2, 0.25) is 5.56 Å². The van der Waals surface area contributed by atoms with Crippen molar-refractivity contribution in [2.75, 3.05) is 0 Å². The first kappa shape index (κ1) is 8.51. The van der Waals surface area contributed by atoms with E-state index in [0.29, 0.717) is 6.04 Å². The number of hydrogen-bond donors (Lipinski definition) is 2. The molecule has 1 saturated carbocycles. The van der Waals surface area contributed by atoms with E-state index >= 15 is 0 Å². The van der Waals surface area contributed by atoms with Crippen LogP contribution in [-0.2, 0) is 6.54 Å². The van der Waals surface area contributed by atoms with Crippen LogP contribution in [0.3, 0.4) is 0 Å². The molecule has 70 valence electrons. The third-order valence-electron chi connectivity index (χ3n) is 2.55. The number of aromatic amines is 1. The van der Waals surface area contributed by atoms with Crippen molar-refractivity contribution in [1.82, 2.24) is 10.3 Å². The van der Waals surface area contributed by atoms with E-state index in [0.717, 1.165) is 12.1 Å². The van der Waals surface area contributed by atoms with Gasteiger partial charge in [0.15, 0.2) is 0 Å². The van der Waals surface area contributed by atoms with Gasteiger partial charge in [-0.2, -0.15) is 0 Å². The summed E-state index contributed by atoms with van der Waals surface area (Å²) in [5, 5.41) is 3.43. The average molecular weight is 178 g/mol. The molecule has 1 heterocycles. The summed E-state index contributed by atoms with van der Waals surface area (Å²) in [7, 11) is 0. The van der Waals surface area contributed by atoms with E-state index < -0.39 is 0 Å². The minimum atomic E-state index is -0.0348. The molecule has 0 atom stereocenters. The third kappa shape index (κ3) is 2.18. The predicted octanol–water partition coefficient (Wildman–Crippen LogP) is 1.02. The molecule has 0 amide bonds. The van der Waals surface area contributed by atoms with Crippen molar-refractivity contribution in [2.45, 2.75) is 31.8 Å². The van der Waals surface area contributed by atoms with E-state index in [9.17, 15) is 4.79 Å². The fourth-order valence-corrected chi connectivity index (χ4v) is 1.43. The van der Waals surface area contributed by atoms with Crippen molar-refractivity contribution in [3.63, 3.8) is 0 Å². The Morgan fingerprint density at radius 2 is 2.31 bits per heavy atom. The maximum absolute atomic E-state index is 10.8. The monoisotopic (exact) mass is 178 g/mol. The van der Waals surface area contributed by atoms with Gasteiger partial charge in [0.05, 0.1) is 0 Å². The molecule has 1 aromatic heterocycles. The first-order valence-corrected chi connectivity index (χ1v) is 4.75. The molecule has 2 rings (SSSR count). The molecule has 1 aliphatic rings. The highest BCUT2D eigenvalue weighted by Crippen LogP contribution is 2.18. The fraction of sp³-hybridized carbons (Fsp3) is 0.500. The number of pyridine rings is 1. The van der Waals surface area contributed by atoms with E-state index in [2.05, 4.69) is 10.3 Å². The number of rotatable bonds is 3. The third-order valence-corrected chi connectivity index (χ3v) is 2.55. The summed E-state index contributed by atoms with van der Waals surface area (Å²) in [4.78, 5) is 13.4.